The quantitative estimate of drug-likeness (QED) is 0.818. The molecule has 1 atom stereocenters. The van der Waals surface area contributed by atoms with Crippen molar-refractivity contribution < 1.29 is 9.53 Å². The van der Waals surface area contributed by atoms with E-state index in [1.165, 1.54) is 6.42 Å². The summed E-state index contributed by atoms with van der Waals surface area (Å²) in [7, 11) is 0. The Morgan fingerprint density at radius 3 is 2.50 bits per heavy atom. The molecule has 3 heteroatoms. The molecule has 0 unspecified atom stereocenters. The maximum Gasteiger partial charge on any atom is 0.263 e. The number of carbonyl (C=O) groups is 1. The predicted molar refractivity (Wildman–Crippen MR) is 71.6 cm³/mol. The second kappa shape index (κ2) is 6.43. The number of ether oxygens (including phenoxy) is 1. The van der Waals surface area contributed by atoms with Crippen LogP contribution in [0, 0.1) is 0 Å². The van der Waals surface area contributed by atoms with Gasteiger partial charge in [-0.15, -0.1) is 0 Å². The fourth-order valence-electron chi connectivity index (χ4n) is 2.29. The van der Waals surface area contributed by atoms with Gasteiger partial charge in [-0.1, -0.05) is 25.1 Å². The molecular weight excluding hydrogens is 226 g/mol. The monoisotopic (exact) mass is 247 g/mol. The molecule has 1 amide bonds. The number of hydrogen-bond acceptors (Lipinski definition) is 2. The van der Waals surface area contributed by atoms with Crippen molar-refractivity contribution in [3.05, 3.63) is 30.3 Å². The van der Waals surface area contributed by atoms with Crippen LogP contribution >= 0.6 is 0 Å². The maximum absolute atomic E-state index is 12.3. The van der Waals surface area contributed by atoms with Gasteiger partial charge in [-0.3, -0.25) is 4.79 Å². The van der Waals surface area contributed by atoms with Crippen LogP contribution in [0.2, 0.25) is 0 Å². The van der Waals surface area contributed by atoms with Gasteiger partial charge < -0.3 is 9.64 Å². The van der Waals surface area contributed by atoms with Gasteiger partial charge in [0.2, 0.25) is 0 Å². The molecule has 1 aliphatic heterocycles. The fourth-order valence-corrected chi connectivity index (χ4v) is 2.29. The van der Waals surface area contributed by atoms with E-state index in [1.54, 1.807) is 0 Å². The zero-order valence-corrected chi connectivity index (χ0v) is 11.0. The molecule has 2 rings (SSSR count). The average Bonchev–Trinajstić information content (AvgIpc) is 2.46. The molecular formula is C15H21NO2. The van der Waals surface area contributed by atoms with E-state index in [4.69, 9.17) is 4.74 Å². The van der Waals surface area contributed by atoms with Crippen LogP contribution in [0.3, 0.4) is 0 Å². The highest BCUT2D eigenvalue weighted by atomic mass is 16.5. The molecule has 1 fully saturated rings. The van der Waals surface area contributed by atoms with Crippen molar-refractivity contribution in [2.75, 3.05) is 13.1 Å². The molecule has 1 heterocycles. The first-order valence-electron chi connectivity index (χ1n) is 6.81. The van der Waals surface area contributed by atoms with Crippen molar-refractivity contribution in [3.63, 3.8) is 0 Å². The number of hydrogen-bond donors (Lipinski definition) is 0. The lowest BCUT2D eigenvalue weighted by atomic mass is 10.1. The molecule has 1 saturated heterocycles. The minimum absolute atomic E-state index is 0.140. The largest absolute Gasteiger partial charge is 0.481 e. The van der Waals surface area contributed by atoms with E-state index in [1.807, 2.05) is 42.2 Å². The van der Waals surface area contributed by atoms with Crippen molar-refractivity contribution in [1.29, 1.82) is 0 Å². The Morgan fingerprint density at radius 2 is 1.89 bits per heavy atom. The van der Waals surface area contributed by atoms with Gasteiger partial charge in [0, 0.05) is 13.1 Å². The average molecular weight is 247 g/mol. The first-order valence-corrected chi connectivity index (χ1v) is 6.81. The van der Waals surface area contributed by atoms with Crippen LogP contribution in [-0.2, 0) is 4.79 Å². The minimum Gasteiger partial charge on any atom is -0.481 e. The van der Waals surface area contributed by atoms with Gasteiger partial charge in [-0.05, 0) is 37.8 Å². The molecule has 0 aliphatic carbocycles. The highest BCUT2D eigenvalue weighted by Crippen LogP contribution is 2.16. The number of benzene rings is 1. The van der Waals surface area contributed by atoms with Gasteiger partial charge in [0.25, 0.3) is 5.91 Å². The summed E-state index contributed by atoms with van der Waals surface area (Å²) in [6.07, 6.45) is 3.84. The van der Waals surface area contributed by atoms with E-state index >= 15 is 0 Å². The van der Waals surface area contributed by atoms with Crippen molar-refractivity contribution in [1.82, 2.24) is 4.90 Å². The van der Waals surface area contributed by atoms with Gasteiger partial charge in [0.05, 0.1) is 0 Å². The highest BCUT2D eigenvalue weighted by molar-refractivity contribution is 5.81. The predicted octanol–water partition coefficient (Wildman–Crippen LogP) is 2.86. The van der Waals surface area contributed by atoms with Crippen LogP contribution in [0.15, 0.2) is 30.3 Å². The topological polar surface area (TPSA) is 29.5 Å². The second-order valence-electron chi connectivity index (χ2n) is 4.71. The highest BCUT2D eigenvalue weighted by Gasteiger charge is 2.25. The van der Waals surface area contributed by atoms with E-state index in [2.05, 4.69) is 0 Å². The molecule has 0 aromatic heterocycles. The molecule has 0 saturated carbocycles. The zero-order chi connectivity index (χ0) is 12.8. The van der Waals surface area contributed by atoms with Gasteiger partial charge >= 0.3 is 0 Å². The summed E-state index contributed by atoms with van der Waals surface area (Å²) in [5, 5.41) is 0. The van der Waals surface area contributed by atoms with Crippen LogP contribution in [0.1, 0.15) is 32.6 Å². The number of rotatable bonds is 4. The lowest BCUT2D eigenvalue weighted by Crippen LogP contribution is -2.44. The van der Waals surface area contributed by atoms with E-state index in [0.717, 1.165) is 31.7 Å². The second-order valence-corrected chi connectivity index (χ2v) is 4.71. The van der Waals surface area contributed by atoms with E-state index in [-0.39, 0.29) is 12.0 Å². The SMILES string of the molecule is CC[C@H](Oc1ccccc1)C(=O)N1CCCCC1. The lowest BCUT2D eigenvalue weighted by molar-refractivity contribution is -0.139. The summed E-state index contributed by atoms with van der Waals surface area (Å²) in [5.74, 6) is 0.913. The number of likely N-dealkylation sites (tertiary alicyclic amines) is 1. The molecule has 0 radical (unpaired) electrons. The summed E-state index contributed by atoms with van der Waals surface area (Å²) in [6, 6.07) is 9.58. The number of para-hydroxylation sites is 1. The van der Waals surface area contributed by atoms with Crippen LogP contribution < -0.4 is 4.74 Å². The summed E-state index contributed by atoms with van der Waals surface area (Å²) < 4.78 is 5.79. The van der Waals surface area contributed by atoms with Crippen molar-refractivity contribution in [3.8, 4) is 5.75 Å². The van der Waals surface area contributed by atoms with E-state index in [9.17, 15) is 4.79 Å². The van der Waals surface area contributed by atoms with Gasteiger partial charge in [-0.2, -0.15) is 0 Å². The van der Waals surface area contributed by atoms with Gasteiger partial charge in [-0.25, -0.2) is 0 Å². The summed E-state index contributed by atoms with van der Waals surface area (Å²) in [4.78, 5) is 14.3. The van der Waals surface area contributed by atoms with Crippen LogP contribution in [0.4, 0.5) is 0 Å². The van der Waals surface area contributed by atoms with E-state index in [0.29, 0.717) is 6.42 Å². The van der Waals surface area contributed by atoms with Crippen molar-refractivity contribution in [2.45, 2.75) is 38.7 Å². The lowest BCUT2D eigenvalue weighted by Gasteiger charge is -2.30. The molecule has 1 aromatic carbocycles. The number of nitrogens with zero attached hydrogens (tertiary/aromatic N) is 1. The first-order chi connectivity index (χ1) is 8.81. The molecule has 98 valence electrons. The molecule has 0 bridgehead atoms. The Balaban J connectivity index is 1.97. The molecule has 0 spiro atoms. The summed E-state index contributed by atoms with van der Waals surface area (Å²) in [5.41, 5.74) is 0. The van der Waals surface area contributed by atoms with Crippen molar-refractivity contribution in [2.24, 2.45) is 0 Å². The smallest absolute Gasteiger partial charge is 0.263 e. The zero-order valence-electron chi connectivity index (χ0n) is 11.0. The molecule has 18 heavy (non-hydrogen) atoms. The Bertz CT molecular complexity index is 371. The third kappa shape index (κ3) is 3.25. The Labute approximate surface area is 109 Å². The standard InChI is InChI=1S/C15H21NO2/c1-2-14(18-13-9-5-3-6-10-13)15(17)16-11-7-4-8-12-16/h3,5-6,9-10,14H,2,4,7-8,11-12H2,1H3/t14-/m0/s1. The van der Waals surface area contributed by atoms with Crippen LogP contribution in [0.25, 0.3) is 0 Å². The van der Waals surface area contributed by atoms with Crippen molar-refractivity contribution >= 4 is 5.91 Å². The summed E-state index contributed by atoms with van der Waals surface area (Å²) in [6.45, 7) is 3.76. The maximum atomic E-state index is 12.3. The molecule has 0 N–H and O–H groups in total. The Morgan fingerprint density at radius 1 is 1.22 bits per heavy atom. The molecule has 1 aromatic rings. The first kappa shape index (κ1) is 12.9. The third-order valence-corrected chi connectivity index (χ3v) is 3.34. The van der Waals surface area contributed by atoms with Gasteiger partial charge in [0.1, 0.15) is 5.75 Å². The molecule has 3 nitrogen and oxygen atoms in total. The molecule has 1 aliphatic rings. The van der Waals surface area contributed by atoms with Crippen LogP contribution in [0.5, 0.6) is 5.75 Å². The number of amides is 1. The number of carbonyl (C=O) groups excluding carboxylic acids is 1. The normalized spacial score (nSPS) is 17.3. The van der Waals surface area contributed by atoms with Crippen LogP contribution in [-0.4, -0.2) is 30.0 Å². The third-order valence-electron chi connectivity index (χ3n) is 3.34. The summed E-state index contributed by atoms with van der Waals surface area (Å²) >= 11 is 0. The Hall–Kier alpha value is -1.51. The minimum atomic E-state index is -0.342. The fraction of sp³-hybridized carbons (Fsp3) is 0.533. The Kier molecular flexibility index (Phi) is 4.62. The van der Waals surface area contributed by atoms with E-state index < -0.39 is 0 Å². The number of piperidine rings is 1. The van der Waals surface area contributed by atoms with Gasteiger partial charge in [0.15, 0.2) is 6.10 Å².